The van der Waals surface area contributed by atoms with E-state index in [1.54, 1.807) is 6.92 Å². The first kappa shape index (κ1) is 19.2. The molecule has 2 heterocycles. The average molecular weight is 430 g/mol. The van der Waals surface area contributed by atoms with Crippen LogP contribution >= 0.6 is 11.3 Å². The molecule has 31 heavy (non-hydrogen) atoms. The van der Waals surface area contributed by atoms with E-state index >= 15 is 0 Å². The molecule has 4 aromatic rings. The van der Waals surface area contributed by atoms with Gasteiger partial charge in [-0.25, -0.2) is 9.78 Å². The number of amides is 4. The number of rotatable bonds is 4. The second-order valence-electron chi connectivity index (χ2n) is 7.54. The van der Waals surface area contributed by atoms with Gasteiger partial charge in [-0.1, -0.05) is 59.9 Å². The Bertz CT molecular complexity index is 1330. The number of benzene rings is 3. The van der Waals surface area contributed by atoms with E-state index in [9.17, 15) is 14.4 Å². The fourth-order valence-corrected chi connectivity index (χ4v) is 4.65. The highest BCUT2D eigenvalue weighted by molar-refractivity contribution is 7.22. The smallest absolute Gasteiger partial charge is 0.319 e. The van der Waals surface area contributed by atoms with Crippen LogP contribution in [-0.2, 0) is 15.1 Å². The first-order valence-corrected chi connectivity index (χ1v) is 10.5. The van der Waals surface area contributed by atoms with Gasteiger partial charge in [-0.3, -0.25) is 14.5 Å². The van der Waals surface area contributed by atoms with Crippen LogP contribution in [0.2, 0.25) is 0 Å². The van der Waals surface area contributed by atoms with E-state index in [-0.39, 0.29) is 6.54 Å². The summed E-state index contributed by atoms with van der Waals surface area (Å²) in [6, 6.07) is 20.4. The van der Waals surface area contributed by atoms with Gasteiger partial charge in [0.15, 0.2) is 5.13 Å². The number of para-hydroxylation sites is 1. The van der Waals surface area contributed by atoms with Crippen LogP contribution in [0.1, 0.15) is 12.5 Å². The van der Waals surface area contributed by atoms with Gasteiger partial charge in [-0.05, 0) is 41.5 Å². The van der Waals surface area contributed by atoms with Crippen molar-refractivity contribution in [1.82, 2.24) is 15.2 Å². The van der Waals surface area contributed by atoms with Crippen LogP contribution in [0.4, 0.5) is 9.93 Å². The molecule has 3 aromatic carbocycles. The van der Waals surface area contributed by atoms with Gasteiger partial charge < -0.3 is 10.6 Å². The lowest BCUT2D eigenvalue weighted by atomic mass is 9.90. The van der Waals surface area contributed by atoms with Crippen molar-refractivity contribution in [2.24, 2.45) is 0 Å². The maximum Gasteiger partial charge on any atom is 0.325 e. The van der Waals surface area contributed by atoms with Gasteiger partial charge in [0.1, 0.15) is 12.1 Å². The first-order valence-electron chi connectivity index (χ1n) is 9.73. The Hall–Kier alpha value is -3.78. The lowest BCUT2D eigenvalue weighted by molar-refractivity contribution is -0.133. The van der Waals surface area contributed by atoms with Gasteiger partial charge in [-0.2, -0.15) is 0 Å². The largest absolute Gasteiger partial charge is 0.325 e. The number of aromatic nitrogens is 1. The molecule has 0 saturated carbocycles. The zero-order chi connectivity index (χ0) is 21.6. The zero-order valence-electron chi connectivity index (χ0n) is 16.6. The molecule has 1 fully saturated rings. The van der Waals surface area contributed by atoms with E-state index in [1.165, 1.54) is 11.3 Å². The summed E-state index contributed by atoms with van der Waals surface area (Å²) in [6.45, 7) is 1.27. The highest BCUT2D eigenvalue weighted by Gasteiger charge is 2.49. The number of nitrogens with zero attached hydrogens (tertiary/aromatic N) is 2. The molecule has 1 atom stereocenters. The molecule has 0 aliphatic carbocycles. The Morgan fingerprint density at radius 3 is 2.61 bits per heavy atom. The Kier molecular flexibility index (Phi) is 4.44. The van der Waals surface area contributed by atoms with Crippen molar-refractivity contribution in [3.63, 3.8) is 0 Å². The van der Waals surface area contributed by atoms with Crippen molar-refractivity contribution in [1.29, 1.82) is 0 Å². The number of carbonyl (C=O) groups is 3. The summed E-state index contributed by atoms with van der Waals surface area (Å²) in [7, 11) is 0. The summed E-state index contributed by atoms with van der Waals surface area (Å²) < 4.78 is 0.941. The molecule has 1 aliphatic heterocycles. The fourth-order valence-electron chi connectivity index (χ4n) is 3.76. The minimum Gasteiger partial charge on any atom is -0.319 e. The number of hydrogen-bond acceptors (Lipinski definition) is 5. The predicted octanol–water partition coefficient (Wildman–Crippen LogP) is 3.86. The third kappa shape index (κ3) is 3.30. The van der Waals surface area contributed by atoms with Gasteiger partial charge in [0, 0.05) is 0 Å². The normalized spacial score (nSPS) is 18.5. The standard InChI is InChI=1S/C23H18N4O3S/c1-23(16-11-10-14-6-2-3-7-15(14)12-16)20(29)27(22(30)26-23)13-19(28)25-21-24-17-8-4-5-9-18(17)31-21/h2-12H,13H2,1H3,(H,26,30)(H,24,25,28). The summed E-state index contributed by atoms with van der Waals surface area (Å²) in [5.74, 6) is -0.947. The van der Waals surface area contributed by atoms with Crippen LogP contribution in [0.15, 0.2) is 66.7 Å². The van der Waals surface area contributed by atoms with Crippen molar-refractivity contribution in [2.45, 2.75) is 12.5 Å². The van der Waals surface area contributed by atoms with Crippen molar-refractivity contribution < 1.29 is 14.4 Å². The summed E-state index contributed by atoms with van der Waals surface area (Å²) in [6.07, 6.45) is 0. The Labute approximate surface area is 181 Å². The number of carbonyl (C=O) groups excluding carboxylic acids is 3. The molecule has 0 spiro atoms. The van der Waals surface area contributed by atoms with Crippen molar-refractivity contribution in [3.05, 3.63) is 72.3 Å². The van der Waals surface area contributed by atoms with Crippen LogP contribution in [0, 0.1) is 0 Å². The molecule has 4 amide bonds. The van der Waals surface area contributed by atoms with E-state index in [1.807, 2.05) is 66.7 Å². The molecular weight excluding hydrogens is 412 g/mol. The predicted molar refractivity (Wildman–Crippen MR) is 120 cm³/mol. The van der Waals surface area contributed by atoms with Gasteiger partial charge in [0.05, 0.1) is 10.2 Å². The monoisotopic (exact) mass is 430 g/mol. The lowest BCUT2D eigenvalue weighted by Gasteiger charge is -2.22. The van der Waals surface area contributed by atoms with E-state index in [2.05, 4.69) is 15.6 Å². The SMILES string of the molecule is CC1(c2ccc3ccccc3c2)NC(=O)N(CC(=O)Nc2nc3ccccc3s2)C1=O. The minimum absolute atomic E-state index is 0.385. The number of fused-ring (bicyclic) bond motifs is 2. The Balaban J connectivity index is 1.35. The quantitative estimate of drug-likeness (QED) is 0.481. The first-order chi connectivity index (χ1) is 14.9. The highest BCUT2D eigenvalue weighted by atomic mass is 32.1. The minimum atomic E-state index is -1.24. The molecule has 0 radical (unpaired) electrons. The average Bonchev–Trinajstić information content (AvgIpc) is 3.27. The summed E-state index contributed by atoms with van der Waals surface area (Å²) in [4.78, 5) is 43.6. The van der Waals surface area contributed by atoms with Gasteiger partial charge in [0.2, 0.25) is 5.91 Å². The highest BCUT2D eigenvalue weighted by Crippen LogP contribution is 2.31. The third-order valence-corrected chi connectivity index (χ3v) is 6.40. The number of anilines is 1. The van der Waals surface area contributed by atoms with E-state index in [4.69, 9.17) is 0 Å². The molecule has 5 rings (SSSR count). The van der Waals surface area contributed by atoms with Crippen LogP contribution in [-0.4, -0.2) is 34.3 Å². The van der Waals surface area contributed by atoms with Gasteiger partial charge in [0.25, 0.3) is 5.91 Å². The maximum absolute atomic E-state index is 13.2. The van der Waals surface area contributed by atoms with Crippen LogP contribution in [0.3, 0.4) is 0 Å². The summed E-state index contributed by atoms with van der Waals surface area (Å²) in [5.41, 5.74) is 0.206. The van der Waals surface area contributed by atoms with Crippen molar-refractivity contribution in [3.8, 4) is 0 Å². The zero-order valence-corrected chi connectivity index (χ0v) is 17.4. The maximum atomic E-state index is 13.2. The number of hydrogen-bond donors (Lipinski definition) is 2. The van der Waals surface area contributed by atoms with E-state index in [0.29, 0.717) is 10.7 Å². The topological polar surface area (TPSA) is 91.4 Å². The second kappa shape index (κ2) is 7.17. The number of imide groups is 1. The molecule has 2 N–H and O–H groups in total. The Morgan fingerprint density at radius 1 is 1.06 bits per heavy atom. The molecule has 1 aliphatic rings. The van der Waals surface area contributed by atoms with Crippen molar-refractivity contribution in [2.75, 3.05) is 11.9 Å². The third-order valence-electron chi connectivity index (χ3n) is 5.44. The van der Waals surface area contributed by atoms with Crippen LogP contribution in [0.5, 0.6) is 0 Å². The van der Waals surface area contributed by atoms with Crippen LogP contribution in [0.25, 0.3) is 21.0 Å². The summed E-state index contributed by atoms with van der Waals surface area (Å²) in [5, 5.41) is 7.87. The Morgan fingerprint density at radius 2 is 1.81 bits per heavy atom. The molecule has 7 nitrogen and oxygen atoms in total. The second-order valence-corrected chi connectivity index (χ2v) is 8.57. The van der Waals surface area contributed by atoms with Crippen LogP contribution < -0.4 is 10.6 Å². The number of nitrogens with one attached hydrogen (secondary N) is 2. The summed E-state index contributed by atoms with van der Waals surface area (Å²) >= 11 is 1.34. The molecule has 1 unspecified atom stereocenters. The number of thiazole rings is 1. The lowest BCUT2D eigenvalue weighted by Crippen LogP contribution is -2.42. The molecule has 8 heteroatoms. The number of urea groups is 1. The molecule has 1 saturated heterocycles. The molecule has 1 aromatic heterocycles. The van der Waals surface area contributed by atoms with Crippen molar-refractivity contribution >= 4 is 55.3 Å². The van der Waals surface area contributed by atoms with E-state index < -0.39 is 23.4 Å². The fraction of sp³-hybridized carbons (Fsp3) is 0.130. The van der Waals surface area contributed by atoms with Gasteiger partial charge in [-0.15, -0.1) is 0 Å². The molecular formula is C23H18N4O3S. The van der Waals surface area contributed by atoms with E-state index in [0.717, 1.165) is 25.9 Å². The molecule has 0 bridgehead atoms. The molecule has 154 valence electrons. The van der Waals surface area contributed by atoms with Gasteiger partial charge >= 0.3 is 6.03 Å².